The second kappa shape index (κ2) is 4.88. The quantitative estimate of drug-likeness (QED) is 0.657. The van der Waals surface area contributed by atoms with E-state index in [0.29, 0.717) is 5.41 Å². The molecule has 1 aromatic rings. The molecule has 0 atom stereocenters. The molecule has 0 N–H and O–H groups in total. The Balaban J connectivity index is 2.93. The van der Waals surface area contributed by atoms with Crippen LogP contribution in [0.4, 0.5) is 0 Å². The Kier molecular flexibility index (Phi) is 4.06. The first kappa shape index (κ1) is 11.6. The fourth-order valence-corrected chi connectivity index (χ4v) is 2.27. The van der Waals surface area contributed by atoms with Crippen LogP contribution in [0.25, 0.3) is 0 Å². The third kappa shape index (κ3) is 2.78. The minimum absolute atomic E-state index is 0.320. The fraction of sp³-hybridized carbons (Fsp3) is 0.538. The molecule has 0 amide bonds. The molecule has 0 nitrogen and oxygen atoms in total. The van der Waals surface area contributed by atoms with E-state index in [9.17, 15) is 0 Å². The van der Waals surface area contributed by atoms with Gasteiger partial charge in [0.1, 0.15) is 0 Å². The monoisotopic (exact) mass is 208 g/mol. The third-order valence-corrected chi connectivity index (χ3v) is 3.45. The smallest absolute Gasteiger partial charge is 0.00720 e. The molecule has 1 rings (SSSR count). The maximum atomic E-state index is 2.33. The molecule has 14 heavy (non-hydrogen) atoms. The highest BCUT2D eigenvalue weighted by Crippen LogP contribution is 2.30. The van der Waals surface area contributed by atoms with Crippen LogP contribution < -0.4 is 0 Å². The Hall–Kier alpha value is -0.430. The second-order valence-electron chi connectivity index (χ2n) is 4.37. The van der Waals surface area contributed by atoms with Crippen LogP contribution in [-0.4, -0.2) is 6.26 Å². The summed E-state index contributed by atoms with van der Waals surface area (Å²) in [6.45, 7) is 6.91. The highest BCUT2D eigenvalue weighted by Gasteiger charge is 2.19. The molecule has 0 saturated carbocycles. The SMILES string of the molecule is CCCC(C)(C)c1cccc(SC)c1. The maximum absolute atomic E-state index is 2.33. The van der Waals surface area contributed by atoms with Gasteiger partial charge in [-0.1, -0.05) is 39.3 Å². The van der Waals surface area contributed by atoms with Crippen LogP contribution in [0.1, 0.15) is 39.2 Å². The van der Waals surface area contributed by atoms with E-state index < -0.39 is 0 Å². The van der Waals surface area contributed by atoms with Gasteiger partial charge in [-0.2, -0.15) is 0 Å². The molecule has 0 aliphatic rings. The molecule has 0 aliphatic heterocycles. The number of hydrogen-bond donors (Lipinski definition) is 0. The predicted octanol–water partition coefficient (Wildman–Crippen LogP) is 4.49. The summed E-state index contributed by atoms with van der Waals surface area (Å²) < 4.78 is 0. The highest BCUT2D eigenvalue weighted by atomic mass is 32.2. The van der Waals surface area contributed by atoms with Gasteiger partial charge in [0.2, 0.25) is 0 Å². The Bertz CT molecular complexity index is 289. The first-order valence-electron chi connectivity index (χ1n) is 5.24. The molecular formula is C13H20S. The van der Waals surface area contributed by atoms with Crippen molar-refractivity contribution in [3.63, 3.8) is 0 Å². The number of thioether (sulfide) groups is 1. The van der Waals surface area contributed by atoms with Crippen molar-refractivity contribution in [3.05, 3.63) is 29.8 Å². The van der Waals surface area contributed by atoms with Crippen LogP contribution >= 0.6 is 11.8 Å². The molecule has 0 aliphatic carbocycles. The van der Waals surface area contributed by atoms with Crippen LogP contribution in [0.2, 0.25) is 0 Å². The van der Waals surface area contributed by atoms with Crippen LogP contribution in [0.15, 0.2) is 29.2 Å². The molecule has 0 heterocycles. The number of rotatable bonds is 4. The second-order valence-corrected chi connectivity index (χ2v) is 5.25. The molecule has 0 bridgehead atoms. The van der Waals surface area contributed by atoms with Gasteiger partial charge in [0.25, 0.3) is 0 Å². The van der Waals surface area contributed by atoms with Crippen molar-refractivity contribution in [3.8, 4) is 0 Å². The van der Waals surface area contributed by atoms with E-state index in [1.54, 1.807) is 0 Å². The molecule has 78 valence electrons. The van der Waals surface area contributed by atoms with Gasteiger partial charge in [0.15, 0.2) is 0 Å². The summed E-state index contributed by atoms with van der Waals surface area (Å²) in [6, 6.07) is 8.91. The van der Waals surface area contributed by atoms with Crippen molar-refractivity contribution in [2.24, 2.45) is 0 Å². The minimum atomic E-state index is 0.320. The Labute approximate surface area is 92.1 Å². The average Bonchev–Trinajstić information content (AvgIpc) is 2.18. The average molecular weight is 208 g/mol. The van der Waals surface area contributed by atoms with E-state index in [1.165, 1.54) is 23.3 Å². The molecule has 0 aromatic heterocycles. The van der Waals surface area contributed by atoms with Crippen molar-refractivity contribution >= 4 is 11.8 Å². The van der Waals surface area contributed by atoms with Crippen molar-refractivity contribution in [2.45, 2.75) is 43.9 Å². The van der Waals surface area contributed by atoms with Crippen LogP contribution in [0.3, 0.4) is 0 Å². The molecular weight excluding hydrogens is 188 g/mol. The van der Waals surface area contributed by atoms with Gasteiger partial charge in [-0.3, -0.25) is 0 Å². The van der Waals surface area contributed by atoms with Crippen LogP contribution in [0, 0.1) is 0 Å². The highest BCUT2D eigenvalue weighted by molar-refractivity contribution is 7.98. The Morgan fingerprint density at radius 2 is 2.00 bits per heavy atom. The standard InChI is InChI=1S/C13H20S/c1-5-9-13(2,3)11-7-6-8-12(10-11)14-4/h6-8,10H,5,9H2,1-4H3. The summed E-state index contributed by atoms with van der Waals surface area (Å²) >= 11 is 1.82. The van der Waals surface area contributed by atoms with Gasteiger partial charge >= 0.3 is 0 Å². The summed E-state index contributed by atoms with van der Waals surface area (Å²) in [5.74, 6) is 0. The van der Waals surface area contributed by atoms with Crippen LogP contribution in [-0.2, 0) is 5.41 Å². The van der Waals surface area contributed by atoms with E-state index in [2.05, 4.69) is 51.3 Å². The third-order valence-electron chi connectivity index (χ3n) is 2.73. The lowest BCUT2D eigenvalue weighted by atomic mass is 9.81. The summed E-state index contributed by atoms with van der Waals surface area (Å²) in [5, 5.41) is 0. The molecule has 0 fully saturated rings. The largest absolute Gasteiger partial charge is 0.130 e. The maximum Gasteiger partial charge on any atom is 0.00720 e. The number of benzene rings is 1. The zero-order valence-electron chi connectivity index (χ0n) is 9.63. The first-order valence-corrected chi connectivity index (χ1v) is 6.47. The summed E-state index contributed by atoms with van der Waals surface area (Å²) in [5.41, 5.74) is 1.78. The molecule has 0 unspecified atom stereocenters. The lowest BCUT2D eigenvalue weighted by Crippen LogP contribution is -2.16. The zero-order chi connectivity index (χ0) is 10.6. The zero-order valence-corrected chi connectivity index (χ0v) is 10.4. The molecule has 0 spiro atoms. The van der Waals surface area contributed by atoms with Crippen molar-refractivity contribution in [1.82, 2.24) is 0 Å². The molecule has 1 heteroatoms. The van der Waals surface area contributed by atoms with Gasteiger partial charge in [-0.05, 0) is 35.8 Å². The van der Waals surface area contributed by atoms with Gasteiger partial charge in [0.05, 0.1) is 0 Å². The summed E-state index contributed by atoms with van der Waals surface area (Å²) in [4.78, 5) is 1.37. The first-order chi connectivity index (χ1) is 6.60. The topological polar surface area (TPSA) is 0 Å². The number of hydrogen-bond acceptors (Lipinski definition) is 1. The molecule has 1 aromatic carbocycles. The summed E-state index contributed by atoms with van der Waals surface area (Å²) in [6.07, 6.45) is 4.63. The van der Waals surface area contributed by atoms with Crippen molar-refractivity contribution < 1.29 is 0 Å². The van der Waals surface area contributed by atoms with Gasteiger partial charge in [0, 0.05) is 4.90 Å². The summed E-state index contributed by atoms with van der Waals surface area (Å²) in [7, 11) is 0. The lowest BCUT2D eigenvalue weighted by Gasteiger charge is -2.25. The minimum Gasteiger partial charge on any atom is -0.130 e. The van der Waals surface area contributed by atoms with E-state index >= 15 is 0 Å². The Morgan fingerprint density at radius 1 is 1.29 bits per heavy atom. The van der Waals surface area contributed by atoms with E-state index in [1.807, 2.05) is 11.8 Å². The molecule has 0 radical (unpaired) electrons. The predicted molar refractivity (Wildman–Crippen MR) is 66.2 cm³/mol. The van der Waals surface area contributed by atoms with E-state index in [4.69, 9.17) is 0 Å². The lowest BCUT2D eigenvalue weighted by molar-refractivity contribution is 0.472. The Morgan fingerprint density at radius 3 is 2.57 bits per heavy atom. The van der Waals surface area contributed by atoms with Crippen LogP contribution in [0.5, 0.6) is 0 Å². The van der Waals surface area contributed by atoms with E-state index in [-0.39, 0.29) is 0 Å². The van der Waals surface area contributed by atoms with Gasteiger partial charge in [-0.15, -0.1) is 11.8 Å². The van der Waals surface area contributed by atoms with E-state index in [0.717, 1.165) is 0 Å². The normalized spacial score (nSPS) is 11.7. The van der Waals surface area contributed by atoms with Crippen molar-refractivity contribution in [1.29, 1.82) is 0 Å². The molecule has 0 saturated heterocycles. The van der Waals surface area contributed by atoms with Crippen molar-refractivity contribution in [2.75, 3.05) is 6.26 Å². The fourth-order valence-electron chi connectivity index (χ4n) is 1.81. The van der Waals surface area contributed by atoms with Gasteiger partial charge in [-0.25, -0.2) is 0 Å². The van der Waals surface area contributed by atoms with Gasteiger partial charge < -0.3 is 0 Å².